The van der Waals surface area contributed by atoms with E-state index < -0.39 is 11.9 Å². The van der Waals surface area contributed by atoms with Crippen molar-refractivity contribution >= 4 is 17.2 Å². The van der Waals surface area contributed by atoms with Gasteiger partial charge in [0.2, 0.25) is 0 Å². The molecular weight excluding hydrogens is 429 g/mol. The standard InChI is InChI=1S/C24H20FN3O3S/c1-28-11-10-26-23(28)22(16-4-2-3-5-17(16)25)27-24(29)21-9-8-20(32-21)15-6-7-18-19(14-15)31-13-12-30-18/h2-11,14,22H,12-13H2,1H3,(H,27,29)/t22-/m1/s1. The van der Waals surface area contributed by atoms with Crippen LogP contribution in [0.4, 0.5) is 4.39 Å². The maximum atomic E-state index is 14.6. The highest BCUT2D eigenvalue weighted by atomic mass is 32.1. The fourth-order valence-corrected chi connectivity index (χ4v) is 4.57. The Labute approximate surface area is 188 Å². The Morgan fingerprint density at radius 2 is 1.94 bits per heavy atom. The van der Waals surface area contributed by atoms with Crippen LogP contribution in [0.15, 0.2) is 67.0 Å². The Morgan fingerprint density at radius 1 is 1.12 bits per heavy atom. The first-order valence-corrected chi connectivity index (χ1v) is 10.9. The molecule has 0 saturated heterocycles. The van der Waals surface area contributed by atoms with Crippen LogP contribution in [0.5, 0.6) is 11.5 Å². The van der Waals surface area contributed by atoms with Crippen molar-refractivity contribution in [3.8, 4) is 21.9 Å². The highest BCUT2D eigenvalue weighted by molar-refractivity contribution is 7.17. The molecule has 4 aromatic rings. The molecule has 2 aromatic heterocycles. The first-order valence-electron chi connectivity index (χ1n) is 10.1. The zero-order valence-corrected chi connectivity index (χ0v) is 18.1. The molecule has 3 heterocycles. The van der Waals surface area contributed by atoms with Gasteiger partial charge in [0, 0.05) is 29.9 Å². The molecule has 1 atom stereocenters. The van der Waals surface area contributed by atoms with Crippen LogP contribution in [0.1, 0.15) is 27.1 Å². The fourth-order valence-electron chi connectivity index (χ4n) is 3.66. The maximum absolute atomic E-state index is 14.6. The van der Waals surface area contributed by atoms with Crippen LogP contribution in [-0.2, 0) is 7.05 Å². The van der Waals surface area contributed by atoms with Crippen molar-refractivity contribution in [1.82, 2.24) is 14.9 Å². The van der Waals surface area contributed by atoms with E-state index in [-0.39, 0.29) is 5.91 Å². The predicted molar refractivity (Wildman–Crippen MR) is 120 cm³/mol. The summed E-state index contributed by atoms with van der Waals surface area (Å²) in [6, 6.07) is 15.1. The lowest BCUT2D eigenvalue weighted by Crippen LogP contribution is -2.31. The lowest BCUT2D eigenvalue weighted by Gasteiger charge is -2.19. The summed E-state index contributed by atoms with van der Waals surface area (Å²) in [6.45, 7) is 1.05. The van der Waals surface area contributed by atoms with Crippen molar-refractivity contribution in [3.05, 3.63) is 89.1 Å². The number of hydrogen-bond acceptors (Lipinski definition) is 5. The van der Waals surface area contributed by atoms with E-state index >= 15 is 0 Å². The molecule has 0 saturated carbocycles. The van der Waals surface area contributed by atoms with Gasteiger partial charge in [0.25, 0.3) is 5.91 Å². The summed E-state index contributed by atoms with van der Waals surface area (Å²) >= 11 is 1.36. The molecule has 0 fully saturated rings. The number of fused-ring (bicyclic) bond motifs is 1. The Morgan fingerprint density at radius 3 is 2.72 bits per heavy atom. The molecule has 2 aromatic carbocycles. The number of hydrogen-bond donors (Lipinski definition) is 1. The number of rotatable bonds is 5. The van der Waals surface area contributed by atoms with E-state index in [2.05, 4.69) is 10.3 Å². The summed E-state index contributed by atoms with van der Waals surface area (Å²) in [6.07, 6.45) is 3.39. The summed E-state index contributed by atoms with van der Waals surface area (Å²) in [5.74, 6) is 1.27. The first-order chi connectivity index (χ1) is 15.6. The number of imidazole rings is 1. The molecule has 5 rings (SSSR count). The van der Waals surface area contributed by atoms with Gasteiger partial charge >= 0.3 is 0 Å². The summed E-state index contributed by atoms with van der Waals surface area (Å²) in [4.78, 5) is 18.9. The molecule has 162 valence electrons. The third kappa shape index (κ3) is 3.85. The quantitative estimate of drug-likeness (QED) is 0.485. The second-order valence-electron chi connectivity index (χ2n) is 7.35. The molecule has 8 heteroatoms. The average molecular weight is 450 g/mol. The van der Waals surface area contributed by atoms with Gasteiger partial charge in [0.15, 0.2) is 11.5 Å². The Hall–Kier alpha value is -3.65. The number of halogens is 1. The zero-order valence-electron chi connectivity index (χ0n) is 17.2. The number of amides is 1. The van der Waals surface area contributed by atoms with Crippen molar-refractivity contribution in [2.45, 2.75) is 6.04 Å². The Balaban J connectivity index is 1.42. The van der Waals surface area contributed by atoms with Crippen molar-refractivity contribution < 1.29 is 18.7 Å². The molecule has 0 bridgehead atoms. The molecule has 6 nitrogen and oxygen atoms in total. The number of nitrogens with one attached hydrogen (secondary N) is 1. The average Bonchev–Trinajstić information content (AvgIpc) is 3.47. The van der Waals surface area contributed by atoms with Gasteiger partial charge in [-0.3, -0.25) is 4.79 Å². The molecule has 1 aliphatic rings. The highest BCUT2D eigenvalue weighted by Crippen LogP contribution is 2.37. The number of aryl methyl sites for hydroxylation is 1. The van der Waals surface area contributed by atoms with E-state index in [0.717, 1.165) is 16.2 Å². The molecule has 0 spiro atoms. The smallest absolute Gasteiger partial charge is 0.262 e. The van der Waals surface area contributed by atoms with E-state index in [1.54, 1.807) is 41.2 Å². The van der Waals surface area contributed by atoms with Crippen LogP contribution in [-0.4, -0.2) is 28.7 Å². The number of nitrogens with zero attached hydrogens (tertiary/aromatic N) is 2. The largest absolute Gasteiger partial charge is 0.486 e. The van der Waals surface area contributed by atoms with Crippen LogP contribution >= 0.6 is 11.3 Å². The van der Waals surface area contributed by atoms with E-state index in [1.165, 1.54) is 17.4 Å². The molecule has 0 unspecified atom stereocenters. The lowest BCUT2D eigenvalue weighted by atomic mass is 10.1. The molecule has 32 heavy (non-hydrogen) atoms. The summed E-state index contributed by atoms with van der Waals surface area (Å²) in [5.41, 5.74) is 1.30. The fraction of sp³-hybridized carbons (Fsp3) is 0.167. The van der Waals surface area contributed by atoms with Crippen LogP contribution < -0.4 is 14.8 Å². The lowest BCUT2D eigenvalue weighted by molar-refractivity contribution is 0.0944. The normalized spacial score (nSPS) is 13.6. The van der Waals surface area contributed by atoms with Gasteiger partial charge in [0.05, 0.1) is 4.88 Å². The topological polar surface area (TPSA) is 65.4 Å². The maximum Gasteiger partial charge on any atom is 0.262 e. The Bertz CT molecular complexity index is 1280. The van der Waals surface area contributed by atoms with Gasteiger partial charge in [-0.05, 0) is 42.0 Å². The first kappa shape index (κ1) is 20.3. The highest BCUT2D eigenvalue weighted by Gasteiger charge is 2.25. The van der Waals surface area contributed by atoms with Crippen molar-refractivity contribution in [3.63, 3.8) is 0 Å². The van der Waals surface area contributed by atoms with Crippen LogP contribution in [0, 0.1) is 5.82 Å². The minimum atomic E-state index is -0.719. The van der Waals surface area contributed by atoms with Gasteiger partial charge in [0.1, 0.15) is 30.9 Å². The van der Waals surface area contributed by atoms with Crippen LogP contribution in [0.25, 0.3) is 10.4 Å². The second-order valence-corrected chi connectivity index (χ2v) is 8.43. The van der Waals surface area contributed by atoms with E-state index in [0.29, 0.717) is 35.2 Å². The van der Waals surface area contributed by atoms with E-state index in [1.807, 2.05) is 31.3 Å². The number of ether oxygens (including phenoxy) is 2. The van der Waals surface area contributed by atoms with Crippen molar-refractivity contribution in [1.29, 1.82) is 0 Å². The summed E-state index contributed by atoms with van der Waals surface area (Å²) in [5, 5.41) is 2.95. The third-order valence-corrected chi connectivity index (χ3v) is 6.40. The van der Waals surface area contributed by atoms with Crippen molar-refractivity contribution in [2.75, 3.05) is 13.2 Å². The minimum Gasteiger partial charge on any atom is -0.486 e. The Kier molecular flexibility index (Phi) is 5.36. The third-order valence-electron chi connectivity index (χ3n) is 5.26. The number of benzene rings is 2. The summed E-state index contributed by atoms with van der Waals surface area (Å²) < 4.78 is 27.6. The number of carbonyl (C=O) groups excluding carboxylic acids is 1. The van der Waals surface area contributed by atoms with Crippen LogP contribution in [0.3, 0.4) is 0 Å². The van der Waals surface area contributed by atoms with E-state index in [9.17, 15) is 9.18 Å². The van der Waals surface area contributed by atoms with Crippen LogP contribution in [0.2, 0.25) is 0 Å². The molecule has 1 aliphatic heterocycles. The van der Waals surface area contributed by atoms with E-state index in [4.69, 9.17) is 9.47 Å². The monoisotopic (exact) mass is 449 g/mol. The number of aromatic nitrogens is 2. The van der Waals surface area contributed by atoms with Gasteiger partial charge in [-0.25, -0.2) is 9.37 Å². The predicted octanol–water partition coefficient (Wildman–Crippen LogP) is 4.58. The number of carbonyl (C=O) groups is 1. The molecule has 0 aliphatic carbocycles. The van der Waals surface area contributed by atoms with Gasteiger partial charge in [-0.2, -0.15) is 0 Å². The van der Waals surface area contributed by atoms with Gasteiger partial charge in [-0.15, -0.1) is 11.3 Å². The summed E-state index contributed by atoms with van der Waals surface area (Å²) in [7, 11) is 1.81. The molecule has 1 N–H and O–H groups in total. The van der Waals surface area contributed by atoms with Crippen molar-refractivity contribution in [2.24, 2.45) is 7.05 Å². The zero-order chi connectivity index (χ0) is 22.1. The second kappa shape index (κ2) is 8.47. The number of thiophene rings is 1. The molecule has 0 radical (unpaired) electrons. The van der Waals surface area contributed by atoms with Gasteiger partial charge in [-0.1, -0.05) is 18.2 Å². The molecular formula is C24H20FN3O3S. The molecule has 1 amide bonds. The SMILES string of the molecule is Cn1ccnc1[C@H](NC(=O)c1ccc(-c2ccc3c(c2)OCCO3)s1)c1ccccc1F. The minimum absolute atomic E-state index is 0.296. The van der Waals surface area contributed by atoms with Gasteiger partial charge < -0.3 is 19.4 Å².